The van der Waals surface area contributed by atoms with E-state index in [1.54, 1.807) is 0 Å². The average molecular weight is 564 g/mol. The lowest BCUT2D eigenvalue weighted by Gasteiger charge is -2.19. The summed E-state index contributed by atoms with van der Waals surface area (Å²) >= 11 is 4.68. The fraction of sp³-hybridized carbons (Fsp3) is 0.368. The third-order valence-electron chi connectivity index (χ3n) is 4.54. The van der Waals surface area contributed by atoms with Crippen LogP contribution in [0.15, 0.2) is 36.4 Å². The molecule has 0 radical (unpaired) electrons. The number of hydrogen-bond donors (Lipinski definition) is 3. The van der Waals surface area contributed by atoms with Crippen molar-refractivity contribution in [3.8, 4) is 0 Å². The second kappa shape index (κ2) is 8.51. The lowest BCUT2D eigenvalue weighted by molar-refractivity contribution is 0.141. The summed E-state index contributed by atoms with van der Waals surface area (Å²) < 4.78 is 4.61. The number of benzene rings is 2. The van der Waals surface area contributed by atoms with Crippen molar-refractivity contribution >= 4 is 67.0 Å². The van der Waals surface area contributed by atoms with Gasteiger partial charge in [0.25, 0.3) is 0 Å². The van der Waals surface area contributed by atoms with Gasteiger partial charge >= 0.3 is 0 Å². The quantitative estimate of drug-likeness (QED) is 0.384. The van der Waals surface area contributed by atoms with Gasteiger partial charge < -0.3 is 20.1 Å². The van der Waals surface area contributed by atoms with E-state index in [2.05, 4.69) is 91.5 Å². The van der Waals surface area contributed by atoms with Crippen LogP contribution in [0.1, 0.15) is 13.3 Å². The van der Waals surface area contributed by atoms with Crippen molar-refractivity contribution in [2.75, 3.05) is 13.2 Å². The molecule has 0 saturated carbocycles. The van der Waals surface area contributed by atoms with E-state index in [1.165, 1.54) is 17.9 Å². The number of rotatable bonds is 7. The Balaban J connectivity index is 1.94. The third kappa shape index (κ3) is 4.29. The molecule has 2 atom stereocenters. The van der Waals surface area contributed by atoms with Gasteiger partial charge in [-0.05, 0) is 88.0 Å². The predicted molar refractivity (Wildman–Crippen MR) is 120 cm³/mol. The van der Waals surface area contributed by atoms with Crippen molar-refractivity contribution in [3.63, 3.8) is 0 Å². The summed E-state index contributed by atoms with van der Waals surface area (Å²) in [6, 6.07) is 12.9. The zero-order valence-corrected chi connectivity index (χ0v) is 18.4. The van der Waals surface area contributed by atoms with Gasteiger partial charge in [-0.3, -0.25) is 0 Å². The maximum absolute atomic E-state index is 10.5. The number of hydrogen-bond acceptors (Lipinski definition) is 3. The fourth-order valence-electron chi connectivity index (χ4n) is 3.16. The van der Waals surface area contributed by atoms with Gasteiger partial charge in [0.15, 0.2) is 0 Å². The van der Waals surface area contributed by atoms with Crippen LogP contribution in [0.5, 0.6) is 0 Å². The summed E-state index contributed by atoms with van der Waals surface area (Å²) in [4.78, 5) is 0. The van der Waals surface area contributed by atoms with E-state index >= 15 is 0 Å². The van der Waals surface area contributed by atoms with Crippen LogP contribution in [0.3, 0.4) is 0 Å². The van der Waals surface area contributed by atoms with Gasteiger partial charge in [-0.25, -0.2) is 0 Å². The van der Waals surface area contributed by atoms with Crippen LogP contribution in [0.25, 0.3) is 21.8 Å². The highest BCUT2D eigenvalue weighted by atomic mass is 127. The van der Waals surface area contributed by atoms with Crippen molar-refractivity contribution in [3.05, 3.63) is 43.5 Å². The van der Waals surface area contributed by atoms with E-state index in [1.807, 2.05) is 6.92 Å². The first-order valence-corrected chi connectivity index (χ1v) is 10.6. The van der Waals surface area contributed by atoms with Gasteiger partial charge in [-0.15, -0.1) is 0 Å². The Morgan fingerprint density at radius 2 is 1.60 bits per heavy atom. The lowest BCUT2D eigenvalue weighted by Crippen LogP contribution is -2.38. The van der Waals surface area contributed by atoms with Gasteiger partial charge in [-0.2, -0.15) is 0 Å². The van der Waals surface area contributed by atoms with E-state index in [-0.39, 0.29) is 12.6 Å². The Morgan fingerprint density at radius 3 is 2.08 bits per heavy atom. The predicted octanol–water partition coefficient (Wildman–Crippen LogP) is 3.73. The number of nitrogens with zero attached hydrogens (tertiary/aromatic N) is 1. The Kier molecular flexibility index (Phi) is 6.59. The summed E-state index contributed by atoms with van der Waals surface area (Å²) in [6.07, 6.45) is 0.327. The molecule has 0 fully saturated rings. The molecule has 4 nitrogen and oxygen atoms in total. The number of fused-ring (bicyclic) bond motifs is 3. The highest BCUT2D eigenvalue weighted by Gasteiger charge is 2.15. The van der Waals surface area contributed by atoms with Crippen molar-refractivity contribution < 1.29 is 10.2 Å². The van der Waals surface area contributed by atoms with Gasteiger partial charge in [0, 0.05) is 41.5 Å². The van der Waals surface area contributed by atoms with Crippen molar-refractivity contribution in [1.82, 2.24) is 9.88 Å². The molecule has 0 saturated heterocycles. The maximum Gasteiger partial charge on any atom is 0.0843 e. The molecule has 6 heteroatoms. The smallest absolute Gasteiger partial charge is 0.0843 e. The minimum absolute atomic E-state index is 0.0379. The van der Waals surface area contributed by atoms with Crippen LogP contribution in [-0.2, 0) is 6.54 Å². The first-order valence-electron chi connectivity index (χ1n) is 8.42. The molecule has 1 heterocycles. The Bertz CT molecular complexity index is 815. The monoisotopic (exact) mass is 564 g/mol. The molecular weight excluding hydrogens is 542 g/mol. The van der Waals surface area contributed by atoms with E-state index < -0.39 is 6.10 Å². The minimum atomic E-state index is -0.516. The van der Waals surface area contributed by atoms with Crippen LogP contribution >= 0.6 is 45.2 Å². The molecule has 3 aromatic rings. The average Bonchev–Trinajstić information content (AvgIpc) is 2.88. The second-order valence-electron chi connectivity index (χ2n) is 6.28. The molecule has 25 heavy (non-hydrogen) atoms. The van der Waals surface area contributed by atoms with Crippen LogP contribution < -0.4 is 5.32 Å². The minimum Gasteiger partial charge on any atom is -0.395 e. The van der Waals surface area contributed by atoms with Crippen LogP contribution in [0.2, 0.25) is 0 Å². The molecule has 0 aliphatic heterocycles. The number of aliphatic hydroxyl groups is 2. The van der Waals surface area contributed by atoms with Crippen LogP contribution in [-0.4, -0.2) is 40.1 Å². The highest BCUT2D eigenvalue weighted by molar-refractivity contribution is 14.1. The van der Waals surface area contributed by atoms with E-state index in [9.17, 15) is 10.2 Å². The summed E-state index contributed by atoms with van der Waals surface area (Å²) in [6.45, 7) is 3.11. The summed E-state index contributed by atoms with van der Waals surface area (Å²) in [5.41, 5.74) is 2.29. The third-order valence-corrected chi connectivity index (χ3v) is 5.88. The van der Waals surface area contributed by atoms with Crippen molar-refractivity contribution in [2.45, 2.75) is 32.0 Å². The highest BCUT2D eigenvalue weighted by Crippen LogP contribution is 2.31. The van der Waals surface area contributed by atoms with Gasteiger partial charge in [0.1, 0.15) is 0 Å². The van der Waals surface area contributed by atoms with E-state index in [4.69, 9.17) is 0 Å². The van der Waals surface area contributed by atoms with E-state index in [0.29, 0.717) is 13.1 Å². The SMILES string of the molecule is CCC(CO)NCC(O)Cn1c2ccc(I)cc2c2cc(I)ccc21. The molecule has 0 aliphatic carbocycles. The number of halogens is 2. The van der Waals surface area contributed by atoms with Gasteiger partial charge in [0.2, 0.25) is 0 Å². The molecule has 0 amide bonds. The fourth-order valence-corrected chi connectivity index (χ4v) is 4.14. The number of aromatic nitrogens is 1. The molecule has 3 N–H and O–H groups in total. The number of nitrogens with one attached hydrogen (secondary N) is 1. The molecule has 1 aromatic heterocycles. The van der Waals surface area contributed by atoms with Crippen molar-refractivity contribution in [1.29, 1.82) is 0 Å². The molecule has 2 unspecified atom stereocenters. The molecule has 2 aromatic carbocycles. The largest absolute Gasteiger partial charge is 0.395 e. The molecule has 0 spiro atoms. The van der Waals surface area contributed by atoms with Crippen molar-refractivity contribution in [2.24, 2.45) is 0 Å². The molecule has 0 bridgehead atoms. The molecule has 0 aliphatic rings. The first-order chi connectivity index (χ1) is 12.0. The van der Waals surface area contributed by atoms with Gasteiger partial charge in [-0.1, -0.05) is 6.92 Å². The zero-order valence-electron chi connectivity index (χ0n) is 14.0. The summed E-state index contributed by atoms with van der Waals surface area (Å²) in [5, 5.41) is 25.5. The zero-order chi connectivity index (χ0) is 18.0. The lowest BCUT2D eigenvalue weighted by atomic mass is 10.2. The van der Waals surface area contributed by atoms with E-state index in [0.717, 1.165) is 17.5 Å². The number of aliphatic hydroxyl groups excluding tert-OH is 2. The second-order valence-corrected chi connectivity index (χ2v) is 8.77. The Hall–Kier alpha value is -0.420. The molecule has 3 rings (SSSR count). The van der Waals surface area contributed by atoms with Crippen LogP contribution in [0.4, 0.5) is 0 Å². The van der Waals surface area contributed by atoms with Crippen LogP contribution in [0, 0.1) is 7.14 Å². The molecule has 134 valence electrons. The van der Waals surface area contributed by atoms with Gasteiger partial charge in [0.05, 0.1) is 19.3 Å². The first kappa shape index (κ1) is 19.3. The Morgan fingerprint density at radius 1 is 1.04 bits per heavy atom. The summed E-state index contributed by atoms with van der Waals surface area (Å²) in [5.74, 6) is 0. The molecular formula is C19H22I2N2O2. The normalized spacial score (nSPS) is 14.3. The standard InChI is InChI=1S/C19H22I2N2O2/c1-2-14(11-24)22-9-15(25)10-23-18-5-3-12(20)7-16(18)17-8-13(21)4-6-19(17)23/h3-8,14-15,22,24-25H,2,9-11H2,1H3. The topological polar surface area (TPSA) is 57.4 Å². The summed E-state index contributed by atoms with van der Waals surface area (Å²) in [7, 11) is 0. The Labute approximate surface area is 174 Å². The maximum atomic E-state index is 10.5.